The third kappa shape index (κ3) is 2.69. The molecule has 0 aliphatic rings. The molecule has 0 aromatic carbocycles. The second-order valence-electron chi connectivity index (χ2n) is 2.62. The number of nitrogens with one attached hydrogen (secondary N) is 1. The number of anilines is 1. The summed E-state index contributed by atoms with van der Waals surface area (Å²) in [5.74, 6) is -0.208. The lowest BCUT2D eigenvalue weighted by Crippen LogP contribution is -2.10. The molecule has 0 spiro atoms. The van der Waals surface area contributed by atoms with Crippen LogP contribution < -0.4 is 10.7 Å². The van der Waals surface area contributed by atoms with Gasteiger partial charge in [-0.1, -0.05) is 11.3 Å². The first kappa shape index (κ1) is 9.98. The number of aryl methyl sites for hydroxylation is 1. The summed E-state index contributed by atoms with van der Waals surface area (Å²) in [6.07, 6.45) is 0.304. The van der Waals surface area contributed by atoms with E-state index in [0.717, 1.165) is 10.6 Å². The summed E-state index contributed by atoms with van der Waals surface area (Å²) in [4.78, 5) is 15.0. The van der Waals surface area contributed by atoms with Crippen LogP contribution in [-0.2, 0) is 16.0 Å². The molecule has 1 aromatic rings. The zero-order valence-corrected chi connectivity index (χ0v) is 8.53. The van der Waals surface area contributed by atoms with Gasteiger partial charge in [-0.25, -0.2) is 4.98 Å². The van der Waals surface area contributed by atoms with Crippen molar-refractivity contribution >= 4 is 22.4 Å². The first-order chi connectivity index (χ1) is 6.13. The number of carbonyl (C=O) groups excluding carboxylic acids is 1. The van der Waals surface area contributed by atoms with Crippen molar-refractivity contribution in [2.45, 2.75) is 20.3 Å². The predicted molar refractivity (Wildman–Crippen MR) is 50.4 cm³/mol. The van der Waals surface area contributed by atoms with Crippen molar-refractivity contribution in [1.29, 1.82) is 0 Å². The molecule has 0 saturated heterocycles. The summed E-state index contributed by atoms with van der Waals surface area (Å²) in [6, 6.07) is 0. The third-order valence-electron chi connectivity index (χ3n) is 1.57. The van der Waals surface area contributed by atoms with Crippen LogP contribution in [0.4, 0.5) is 5.13 Å². The van der Waals surface area contributed by atoms with Crippen molar-refractivity contribution in [1.82, 2.24) is 0 Å². The highest BCUT2D eigenvalue weighted by Gasteiger charge is 2.13. The van der Waals surface area contributed by atoms with Crippen LogP contribution in [0.5, 0.6) is 0 Å². The second kappa shape index (κ2) is 4.23. The highest BCUT2D eigenvalue weighted by atomic mass is 32.1. The van der Waals surface area contributed by atoms with Crippen LogP contribution in [0.3, 0.4) is 0 Å². The van der Waals surface area contributed by atoms with Crippen molar-refractivity contribution < 1.29 is 14.5 Å². The number of hydrogen-bond donors (Lipinski definition) is 1. The Morgan fingerprint density at radius 2 is 2.38 bits per heavy atom. The van der Waals surface area contributed by atoms with Gasteiger partial charge in [0.1, 0.15) is 5.69 Å². The Balaban J connectivity index is 2.63. The van der Waals surface area contributed by atoms with Gasteiger partial charge in [-0.3, -0.25) is 10.5 Å². The fourth-order valence-corrected chi connectivity index (χ4v) is 1.86. The van der Waals surface area contributed by atoms with Gasteiger partial charge >= 0.3 is 11.1 Å². The normalized spacial score (nSPS) is 10.0. The Morgan fingerprint density at radius 1 is 1.69 bits per heavy atom. The number of thiazole rings is 1. The van der Waals surface area contributed by atoms with E-state index in [1.807, 2.05) is 6.92 Å². The highest BCUT2D eigenvalue weighted by Crippen LogP contribution is 2.16. The minimum Gasteiger partial charge on any atom is -0.466 e. The molecule has 0 unspecified atom stereocenters. The molecule has 0 fully saturated rings. The van der Waals surface area contributed by atoms with Gasteiger partial charge in [0.25, 0.3) is 0 Å². The lowest BCUT2D eigenvalue weighted by molar-refractivity contribution is -0.364. The summed E-state index contributed by atoms with van der Waals surface area (Å²) in [6.45, 7) is 4.10. The molecule has 0 atom stereocenters. The quantitative estimate of drug-likeness (QED) is 0.726. The number of rotatable bonds is 3. The molecule has 0 radical (unpaired) electrons. The molecule has 1 rings (SSSR count). The topological polar surface area (TPSA) is 66.5 Å². The van der Waals surface area contributed by atoms with Crippen LogP contribution in [0, 0.1) is 6.92 Å². The zero-order valence-electron chi connectivity index (χ0n) is 7.72. The van der Waals surface area contributed by atoms with Gasteiger partial charge in [-0.05, 0) is 13.8 Å². The van der Waals surface area contributed by atoms with E-state index in [1.165, 1.54) is 11.3 Å². The lowest BCUT2D eigenvalue weighted by atomic mass is 10.3. The van der Waals surface area contributed by atoms with E-state index in [1.54, 1.807) is 6.92 Å². The van der Waals surface area contributed by atoms with E-state index in [-0.39, 0.29) is 5.97 Å². The van der Waals surface area contributed by atoms with Gasteiger partial charge in [0.05, 0.1) is 17.9 Å². The van der Waals surface area contributed by atoms with Gasteiger partial charge < -0.3 is 4.74 Å². The molecule has 0 amide bonds. The van der Waals surface area contributed by atoms with E-state index >= 15 is 0 Å². The molecule has 0 saturated carbocycles. The van der Waals surface area contributed by atoms with Crippen LogP contribution >= 0.6 is 11.3 Å². The summed E-state index contributed by atoms with van der Waals surface area (Å²) >= 11 is 1.39. The number of esters is 1. The van der Waals surface area contributed by atoms with Gasteiger partial charge in [-0.15, -0.1) is 0 Å². The van der Waals surface area contributed by atoms with Crippen LogP contribution in [0.1, 0.15) is 17.5 Å². The third-order valence-corrected chi connectivity index (χ3v) is 2.59. The molecule has 1 heterocycles. The first-order valence-corrected chi connectivity index (χ1v) is 4.87. The van der Waals surface area contributed by atoms with Gasteiger partial charge in [0.15, 0.2) is 0 Å². The Kier molecular flexibility index (Phi) is 3.25. The fraction of sp³-hybridized carbons (Fsp3) is 0.500. The zero-order chi connectivity index (χ0) is 9.84. The number of aromatic nitrogens is 1. The average Bonchev–Trinajstić information content (AvgIpc) is 2.30. The molecule has 0 aliphatic heterocycles. The largest absolute Gasteiger partial charge is 0.466 e. The maximum Gasteiger partial charge on any atom is 0.329 e. The molecular formula is C8H13N2O2S+. The Hall–Kier alpha value is -1.10. The Bertz CT molecular complexity index is 309. The number of nitrogens with two attached hydrogens (primary N) is 1. The minimum atomic E-state index is -0.208. The second-order valence-corrected chi connectivity index (χ2v) is 3.76. The van der Waals surface area contributed by atoms with Crippen molar-refractivity contribution in [3.63, 3.8) is 0 Å². The standard InChI is InChI=1S/C8H12N2O2S/c1-3-12-7(11)4-6-5(2)10-8(9)13-6/h3-4H2,1-2H3,(H2,9,10)/p+1. The van der Waals surface area contributed by atoms with Gasteiger partial charge in [-0.2, -0.15) is 0 Å². The van der Waals surface area contributed by atoms with Crippen molar-refractivity contribution in [3.05, 3.63) is 10.6 Å². The van der Waals surface area contributed by atoms with Crippen LogP contribution in [-0.4, -0.2) is 12.6 Å². The van der Waals surface area contributed by atoms with Crippen LogP contribution in [0.25, 0.3) is 0 Å². The lowest BCUT2D eigenvalue weighted by Gasteiger charge is -1.98. The molecule has 5 heteroatoms. The predicted octanol–water partition coefficient (Wildman–Crippen LogP) is 0.558. The SMILES string of the molecule is CCOC(=O)Cc1sc(N)[nH+]c1C. The summed E-state index contributed by atoms with van der Waals surface area (Å²) in [5, 5.41) is 0.622. The summed E-state index contributed by atoms with van der Waals surface area (Å²) < 4.78 is 4.82. The van der Waals surface area contributed by atoms with Gasteiger partial charge in [0.2, 0.25) is 0 Å². The summed E-state index contributed by atoms with van der Waals surface area (Å²) in [5.41, 5.74) is 6.48. The smallest absolute Gasteiger partial charge is 0.329 e. The molecule has 0 aliphatic carbocycles. The van der Waals surface area contributed by atoms with Gasteiger partial charge in [0, 0.05) is 0 Å². The average molecular weight is 201 g/mol. The van der Waals surface area contributed by atoms with Crippen molar-refractivity contribution in [2.75, 3.05) is 12.3 Å². The number of aromatic amines is 1. The molecule has 3 N–H and O–H groups in total. The minimum absolute atomic E-state index is 0.208. The first-order valence-electron chi connectivity index (χ1n) is 4.06. The van der Waals surface area contributed by atoms with Crippen LogP contribution in [0.15, 0.2) is 0 Å². The highest BCUT2D eigenvalue weighted by molar-refractivity contribution is 7.15. The number of ether oxygens (including phenoxy) is 1. The van der Waals surface area contributed by atoms with E-state index in [9.17, 15) is 4.79 Å². The number of H-pyrrole nitrogens is 1. The molecular weight excluding hydrogens is 188 g/mol. The monoisotopic (exact) mass is 201 g/mol. The summed E-state index contributed by atoms with van der Waals surface area (Å²) in [7, 11) is 0. The molecule has 4 nitrogen and oxygen atoms in total. The number of carbonyl (C=O) groups is 1. The van der Waals surface area contributed by atoms with E-state index in [0.29, 0.717) is 18.2 Å². The fourth-order valence-electron chi connectivity index (χ4n) is 1.00. The van der Waals surface area contributed by atoms with E-state index in [4.69, 9.17) is 10.5 Å². The van der Waals surface area contributed by atoms with Crippen molar-refractivity contribution in [2.24, 2.45) is 0 Å². The number of nitrogen functional groups attached to an aromatic ring is 1. The van der Waals surface area contributed by atoms with Crippen molar-refractivity contribution in [3.8, 4) is 0 Å². The van der Waals surface area contributed by atoms with Crippen LogP contribution in [0.2, 0.25) is 0 Å². The molecule has 1 aromatic heterocycles. The maximum absolute atomic E-state index is 11.1. The van der Waals surface area contributed by atoms with E-state index < -0.39 is 0 Å². The number of hydrogen-bond acceptors (Lipinski definition) is 4. The molecule has 0 bridgehead atoms. The Labute approximate surface area is 80.7 Å². The molecule has 13 heavy (non-hydrogen) atoms. The van der Waals surface area contributed by atoms with E-state index in [2.05, 4.69) is 4.98 Å². The molecule has 72 valence electrons. The Morgan fingerprint density at radius 3 is 2.85 bits per heavy atom. The maximum atomic E-state index is 11.1.